The molecule has 2 aromatic rings. The van der Waals surface area contributed by atoms with Crippen molar-refractivity contribution >= 4 is 20.9 Å². The lowest BCUT2D eigenvalue weighted by atomic mass is 10.1. The third-order valence-electron chi connectivity index (χ3n) is 2.43. The van der Waals surface area contributed by atoms with Crippen LogP contribution < -0.4 is 4.72 Å². The van der Waals surface area contributed by atoms with Crippen LogP contribution >= 0.6 is 0 Å². The molecule has 110 valence electrons. The Morgan fingerprint density at radius 2 is 2.35 bits per heavy atom. The van der Waals surface area contributed by atoms with E-state index < -0.39 is 48.1 Å². The van der Waals surface area contributed by atoms with Crippen molar-refractivity contribution in [3.05, 3.63) is 35.5 Å². The minimum Gasteiger partial charge on any atom is -0.361 e. The Labute approximate surface area is 136 Å². The molecule has 1 aromatic heterocycles. The fourth-order valence-electron chi connectivity index (χ4n) is 1.61. The van der Waals surface area contributed by atoms with Crippen LogP contribution in [-0.4, -0.2) is 45.8 Å². The number of benzene rings is 1. The van der Waals surface area contributed by atoms with E-state index in [4.69, 9.17) is 16.4 Å². The third-order valence-corrected chi connectivity index (χ3v) is 3.20. The van der Waals surface area contributed by atoms with Crippen molar-refractivity contribution in [1.29, 1.82) is 0 Å². The summed E-state index contributed by atoms with van der Waals surface area (Å²) in [4.78, 5) is 2.90. The summed E-state index contributed by atoms with van der Waals surface area (Å²) in [7, 11) is -4.19. The predicted octanol–water partition coefficient (Wildman–Crippen LogP) is 1.32. The predicted molar refractivity (Wildman–Crippen MR) is 82.2 cm³/mol. The van der Waals surface area contributed by atoms with Crippen LogP contribution in [0.2, 0.25) is 0 Å². The molecule has 0 aliphatic carbocycles. The van der Waals surface area contributed by atoms with Gasteiger partial charge in [0.1, 0.15) is 0 Å². The number of fused-ring (bicyclic) bond motifs is 1. The van der Waals surface area contributed by atoms with Gasteiger partial charge in [-0.1, -0.05) is 6.07 Å². The van der Waals surface area contributed by atoms with Crippen molar-refractivity contribution in [1.82, 2.24) is 14.6 Å². The van der Waals surface area contributed by atoms with Gasteiger partial charge >= 0.3 is 0 Å². The quantitative estimate of drug-likeness (QED) is 0.846. The van der Waals surface area contributed by atoms with Gasteiger partial charge in [0.15, 0.2) is 0 Å². The maximum atomic E-state index is 12.3. The number of aromatic nitrogens is 1. The van der Waals surface area contributed by atoms with Gasteiger partial charge in [-0.15, -0.1) is 0 Å². The molecule has 20 heavy (non-hydrogen) atoms. The van der Waals surface area contributed by atoms with Crippen molar-refractivity contribution in [3.63, 3.8) is 0 Å². The number of aryl methyl sites for hydroxylation is 1. The Morgan fingerprint density at radius 1 is 1.50 bits per heavy atom. The highest BCUT2D eigenvalue weighted by atomic mass is 32.2. The summed E-state index contributed by atoms with van der Waals surface area (Å²) < 4.78 is 118. The molecule has 6 heteroatoms. The highest BCUT2D eigenvalue weighted by Gasteiger charge is 2.11. The Balaban J connectivity index is 2.66. The van der Waals surface area contributed by atoms with Crippen molar-refractivity contribution in [3.8, 4) is 0 Å². The van der Waals surface area contributed by atoms with Gasteiger partial charge in [0.2, 0.25) is 10.0 Å². The molecule has 5 nitrogen and oxygen atoms in total. The normalized spacial score (nSPS) is 24.7. The largest absolute Gasteiger partial charge is 0.361 e. The van der Waals surface area contributed by atoms with Crippen LogP contribution in [0.5, 0.6) is 0 Å². The number of nitrogens with one attached hydrogen (secondary N) is 2. The second-order valence-corrected chi connectivity index (χ2v) is 5.38. The summed E-state index contributed by atoms with van der Waals surface area (Å²) >= 11 is 0. The molecule has 0 spiro atoms. The molecule has 1 heterocycles. The molecule has 2 N–H and O–H groups in total. The number of hydrogen-bond acceptors (Lipinski definition) is 3. The fourth-order valence-corrected chi connectivity index (χ4v) is 2.10. The van der Waals surface area contributed by atoms with E-state index in [-0.39, 0.29) is 21.4 Å². The summed E-state index contributed by atoms with van der Waals surface area (Å²) in [6.45, 7) is -9.22. The Morgan fingerprint density at radius 3 is 3.10 bits per heavy atom. The zero-order valence-corrected chi connectivity index (χ0v) is 11.3. The van der Waals surface area contributed by atoms with Gasteiger partial charge in [0.05, 0.1) is 5.70 Å². The van der Waals surface area contributed by atoms with E-state index in [0.717, 1.165) is 25.4 Å². The van der Waals surface area contributed by atoms with E-state index in [2.05, 4.69) is 4.98 Å². The number of likely N-dealkylation sites (N-methyl/N-ethyl adjacent to an activating group) is 1. The van der Waals surface area contributed by atoms with Gasteiger partial charge in [0.25, 0.3) is 0 Å². The third kappa shape index (κ3) is 3.59. The molecule has 0 radical (unpaired) electrons. The number of H-pyrrole nitrogens is 1. The first-order valence-corrected chi connectivity index (χ1v) is 6.93. The first-order chi connectivity index (χ1) is 14.1. The second-order valence-electron chi connectivity index (χ2n) is 3.97. The molecule has 0 atom stereocenters. The minimum atomic E-state index is -5.07. The summed E-state index contributed by atoms with van der Waals surface area (Å²) in [5, 5.41) is -0.108. The van der Waals surface area contributed by atoms with Crippen LogP contribution in [0, 0.1) is 0 Å². The second kappa shape index (κ2) is 5.95. The van der Waals surface area contributed by atoms with Crippen molar-refractivity contribution in [2.45, 2.75) is 12.1 Å². The fraction of sp³-hybridized carbons (Fsp3) is 0.429. The highest BCUT2D eigenvalue weighted by Crippen LogP contribution is 2.21. The van der Waals surface area contributed by atoms with E-state index in [0.29, 0.717) is 0 Å². The zero-order valence-electron chi connectivity index (χ0n) is 22.5. The summed E-state index contributed by atoms with van der Waals surface area (Å²) in [6, 6.07) is 3.22. The molecule has 0 saturated heterocycles. The molecule has 0 saturated carbocycles. The summed E-state index contributed by atoms with van der Waals surface area (Å²) in [5.74, 6) is 0. The first-order valence-electron chi connectivity index (χ1n) is 11.5. The van der Waals surface area contributed by atoms with Gasteiger partial charge in [-0.25, -0.2) is 13.1 Å². The number of hydrogen-bond donors (Lipinski definition) is 2. The van der Waals surface area contributed by atoms with Crippen LogP contribution in [0.25, 0.3) is 10.9 Å². The number of aromatic amines is 1. The lowest BCUT2D eigenvalue weighted by Crippen LogP contribution is -2.20. The Hall–Kier alpha value is -1.37. The molecule has 1 aromatic carbocycles. The molecule has 0 bridgehead atoms. The zero-order chi connectivity index (χ0) is 25.1. The van der Waals surface area contributed by atoms with E-state index in [1.807, 2.05) is 0 Å². The molecule has 0 aliphatic rings. The van der Waals surface area contributed by atoms with E-state index in [1.165, 1.54) is 10.8 Å². The van der Waals surface area contributed by atoms with Crippen LogP contribution in [0.15, 0.2) is 24.4 Å². The first kappa shape index (κ1) is 5.79. The van der Waals surface area contributed by atoms with Gasteiger partial charge in [-0.3, -0.25) is 0 Å². The van der Waals surface area contributed by atoms with Gasteiger partial charge in [-0.05, 0) is 50.6 Å². The SMILES string of the molecule is [2H]C([2H])([2H])NS(=O)(=O)C([2H])([2H])c1ccc2[nH]cc(C([2H])([2H])C([2H])([2H])N(C)C([2H])([2H])[2H])c2c1. The maximum Gasteiger partial charge on any atom is 0.215 e. The minimum absolute atomic E-state index is 0.108. The number of sulfonamides is 1. The van der Waals surface area contributed by atoms with E-state index >= 15 is 0 Å². The van der Waals surface area contributed by atoms with Crippen molar-refractivity contribution in [2.24, 2.45) is 0 Å². The highest BCUT2D eigenvalue weighted by molar-refractivity contribution is 7.88. The topological polar surface area (TPSA) is 65.2 Å². The van der Waals surface area contributed by atoms with Gasteiger partial charge < -0.3 is 9.88 Å². The van der Waals surface area contributed by atoms with E-state index in [1.54, 1.807) is 0 Å². The Bertz CT molecular complexity index is 1100. The summed E-state index contributed by atoms with van der Waals surface area (Å²) in [6.07, 6.45) is -1.88. The van der Waals surface area contributed by atoms with Gasteiger partial charge in [-0.2, -0.15) is 0 Å². The molecule has 0 fully saturated rings. The van der Waals surface area contributed by atoms with Crippen LogP contribution in [0.3, 0.4) is 0 Å². The van der Waals surface area contributed by atoms with Crippen LogP contribution in [-0.2, 0) is 22.1 Å². The maximum absolute atomic E-state index is 12.3. The standard InChI is InChI=1S/C14H21N3O2S/c1-15-20(18,19)10-11-4-5-14-13(8-11)12(9-16-14)6-7-17(2)3/h4-5,8-9,15-16H,6-7,10H2,1-3H3/i1D3,2D3,6D2,7D2,10D2. The molecule has 2 rings (SSSR count). The lowest BCUT2D eigenvalue weighted by molar-refractivity contribution is 0.414. The number of nitrogens with zero attached hydrogens (tertiary/aromatic N) is 1. The van der Waals surface area contributed by atoms with Crippen LogP contribution in [0.1, 0.15) is 27.6 Å². The smallest absolute Gasteiger partial charge is 0.215 e. The van der Waals surface area contributed by atoms with E-state index in [9.17, 15) is 8.42 Å². The molecule has 0 amide bonds. The monoisotopic (exact) mass is 307 g/mol. The van der Waals surface area contributed by atoms with Gasteiger partial charge in [0, 0.05) is 40.0 Å². The van der Waals surface area contributed by atoms with Crippen molar-refractivity contribution < 1.29 is 24.9 Å². The lowest BCUT2D eigenvalue weighted by Gasteiger charge is -2.08. The molecule has 0 aliphatic heterocycles. The molecular formula is C14H21N3O2S. The molecular weight excluding hydrogens is 274 g/mol. The molecule has 0 unspecified atom stereocenters. The van der Waals surface area contributed by atoms with Crippen molar-refractivity contribution in [2.75, 3.05) is 27.5 Å². The van der Waals surface area contributed by atoms with Crippen LogP contribution in [0.4, 0.5) is 0 Å². The average Bonchev–Trinajstić information content (AvgIpc) is 3.01. The Kier molecular flexibility index (Phi) is 1.72. The summed E-state index contributed by atoms with van der Waals surface area (Å²) in [5.41, 5.74) is -3.97. The number of rotatable bonds is 6. The average molecular weight is 307 g/mol.